The van der Waals surface area contributed by atoms with E-state index in [9.17, 15) is 4.79 Å². The Morgan fingerprint density at radius 2 is 2.31 bits per heavy atom. The number of benzene rings is 1. The van der Waals surface area contributed by atoms with E-state index >= 15 is 0 Å². The van der Waals surface area contributed by atoms with E-state index in [4.69, 9.17) is 21.1 Å². The van der Waals surface area contributed by atoms with Gasteiger partial charge >= 0.3 is 0 Å². The molecule has 2 rings (SSSR count). The maximum absolute atomic E-state index is 11.2. The van der Waals surface area contributed by atoms with Crippen LogP contribution in [0.3, 0.4) is 0 Å². The molecule has 0 fully saturated rings. The van der Waals surface area contributed by atoms with Crippen molar-refractivity contribution in [3.8, 4) is 11.5 Å². The number of carbonyl (C=O) groups excluding carboxylic acids is 1. The second-order valence-corrected chi connectivity index (χ2v) is 3.10. The zero-order valence-electron chi connectivity index (χ0n) is 6.96. The molecule has 1 aromatic rings. The molecule has 0 saturated carbocycles. The predicted molar refractivity (Wildman–Crippen MR) is 47.8 cm³/mol. The minimum absolute atomic E-state index is 0.0371. The Labute approximate surface area is 80.2 Å². The van der Waals surface area contributed by atoms with Gasteiger partial charge in [-0.3, -0.25) is 4.79 Å². The molecule has 0 N–H and O–H groups in total. The summed E-state index contributed by atoms with van der Waals surface area (Å²) in [4.78, 5) is 11.2. The maximum atomic E-state index is 11.2. The van der Waals surface area contributed by atoms with Crippen molar-refractivity contribution >= 4 is 17.4 Å². The first-order valence-electron chi connectivity index (χ1n) is 3.76. The Hall–Kier alpha value is -1.22. The molecule has 0 bridgehead atoms. The quantitative estimate of drug-likeness (QED) is 0.692. The lowest BCUT2D eigenvalue weighted by Gasteiger charge is -2.04. The average Bonchev–Trinajstić information content (AvgIpc) is 2.46. The van der Waals surface area contributed by atoms with Crippen molar-refractivity contribution in [1.82, 2.24) is 0 Å². The summed E-state index contributed by atoms with van der Waals surface area (Å²) >= 11 is 5.84. The van der Waals surface area contributed by atoms with E-state index in [1.165, 1.54) is 7.11 Å². The molecule has 13 heavy (non-hydrogen) atoms. The molecular weight excluding hydrogens is 192 g/mol. The van der Waals surface area contributed by atoms with E-state index in [1.54, 1.807) is 12.1 Å². The summed E-state index contributed by atoms with van der Waals surface area (Å²) in [6.45, 7) is 0.0961. The third-order valence-electron chi connectivity index (χ3n) is 1.91. The summed E-state index contributed by atoms with van der Waals surface area (Å²) in [5, 5.41) is 0.455. The molecule has 4 heteroatoms. The number of ketones is 1. The van der Waals surface area contributed by atoms with Crippen molar-refractivity contribution in [2.24, 2.45) is 0 Å². The zero-order valence-corrected chi connectivity index (χ0v) is 7.72. The highest BCUT2D eigenvalue weighted by Gasteiger charge is 2.23. The van der Waals surface area contributed by atoms with Crippen LogP contribution in [0.2, 0.25) is 5.02 Å². The van der Waals surface area contributed by atoms with E-state index < -0.39 is 0 Å². The average molecular weight is 199 g/mol. The van der Waals surface area contributed by atoms with Crippen LogP contribution < -0.4 is 9.47 Å². The van der Waals surface area contributed by atoms with Gasteiger partial charge in [0.2, 0.25) is 5.78 Å². The van der Waals surface area contributed by atoms with Crippen molar-refractivity contribution in [3.63, 3.8) is 0 Å². The van der Waals surface area contributed by atoms with E-state index in [0.29, 0.717) is 22.1 Å². The molecule has 0 aromatic heterocycles. The standard InChI is InChI=1S/C9H7ClO3/c1-12-9-2-5-7(11)4-13-8(5)3-6(9)10/h2-3H,4H2,1H3. The monoisotopic (exact) mass is 198 g/mol. The highest BCUT2D eigenvalue weighted by atomic mass is 35.5. The number of rotatable bonds is 1. The predicted octanol–water partition coefficient (Wildman–Crippen LogP) is 1.92. The fourth-order valence-electron chi connectivity index (χ4n) is 1.25. The van der Waals surface area contributed by atoms with Crippen LogP contribution in [-0.4, -0.2) is 19.5 Å². The lowest BCUT2D eigenvalue weighted by Crippen LogP contribution is -1.98. The van der Waals surface area contributed by atoms with Gasteiger partial charge in [0.25, 0.3) is 0 Å². The maximum Gasteiger partial charge on any atom is 0.204 e. The summed E-state index contributed by atoms with van der Waals surface area (Å²) in [6.07, 6.45) is 0. The molecule has 3 nitrogen and oxygen atoms in total. The number of ether oxygens (including phenoxy) is 2. The fraction of sp³-hybridized carbons (Fsp3) is 0.222. The summed E-state index contributed by atoms with van der Waals surface area (Å²) in [6, 6.07) is 3.20. The third kappa shape index (κ3) is 1.25. The van der Waals surface area contributed by atoms with Gasteiger partial charge in [0.15, 0.2) is 6.61 Å². The second kappa shape index (κ2) is 2.92. The smallest absolute Gasteiger partial charge is 0.204 e. The van der Waals surface area contributed by atoms with Crippen LogP contribution in [0.25, 0.3) is 0 Å². The van der Waals surface area contributed by atoms with Crippen LogP contribution in [0.15, 0.2) is 12.1 Å². The summed E-state index contributed by atoms with van der Waals surface area (Å²) in [7, 11) is 1.51. The highest BCUT2D eigenvalue weighted by Crippen LogP contribution is 2.35. The van der Waals surface area contributed by atoms with Gasteiger partial charge in [-0.1, -0.05) is 11.6 Å². The van der Waals surface area contributed by atoms with E-state index in [0.717, 1.165) is 0 Å². The molecule has 1 aliphatic rings. The van der Waals surface area contributed by atoms with Crippen molar-refractivity contribution in [1.29, 1.82) is 0 Å². The number of fused-ring (bicyclic) bond motifs is 1. The molecule has 0 amide bonds. The van der Waals surface area contributed by atoms with Gasteiger partial charge in [0.1, 0.15) is 11.5 Å². The van der Waals surface area contributed by atoms with Crippen LogP contribution in [0.4, 0.5) is 0 Å². The zero-order chi connectivity index (χ0) is 9.42. The van der Waals surface area contributed by atoms with Gasteiger partial charge in [-0.25, -0.2) is 0 Å². The van der Waals surface area contributed by atoms with Crippen molar-refractivity contribution in [3.05, 3.63) is 22.7 Å². The molecule has 1 aromatic carbocycles. The largest absolute Gasteiger partial charge is 0.495 e. The lowest BCUT2D eigenvalue weighted by atomic mass is 10.1. The summed E-state index contributed by atoms with van der Waals surface area (Å²) in [5.74, 6) is 1.00. The molecule has 0 radical (unpaired) electrons. The number of halogens is 1. The number of hydrogen-bond acceptors (Lipinski definition) is 3. The number of methoxy groups -OCH3 is 1. The first kappa shape index (κ1) is 8.38. The second-order valence-electron chi connectivity index (χ2n) is 2.69. The van der Waals surface area contributed by atoms with Crippen LogP contribution in [0, 0.1) is 0 Å². The molecule has 0 aliphatic carbocycles. The minimum atomic E-state index is -0.0371. The van der Waals surface area contributed by atoms with E-state index in [2.05, 4.69) is 0 Å². The van der Waals surface area contributed by atoms with Gasteiger partial charge in [-0.2, -0.15) is 0 Å². The Kier molecular flexibility index (Phi) is 1.88. The van der Waals surface area contributed by atoms with Gasteiger partial charge in [-0.15, -0.1) is 0 Å². The number of Topliss-reactive ketones (excluding diaryl/α,β-unsaturated/α-hetero) is 1. The van der Waals surface area contributed by atoms with Crippen molar-refractivity contribution < 1.29 is 14.3 Å². The summed E-state index contributed by atoms with van der Waals surface area (Å²) < 4.78 is 10.1. The first-order valence-corrected chi connectivity index (χ1v) is 4.13. The molecule has 68 valence electrons. The Balaban J connectivity index is 2.57. The molecule has 0 atom stereocenters. The summed E-state index contributed by atoms with van der Waals surface area (Å²) in [5.41, 5.74) is 0.543. The van der Waals surface area contributed by atoms with Gasteiger partial charge in [0, 0.05) is 6.07 Å². The Morgan fingerprint density at radius 1 is 1.54 bits per heavy atom. The molecule has 1 aliphatic heterocycles. The topological polar surface area (TPSA) is 35.5 Å². The van der Waals surface area contributed by atoms with E-state index in [1.807, 2.05) is 0 Å². The first-order chi connectivity index (χ1) is 6.22. The van der Waals surface area contributed by atoms with Gasteiger partial charge in [-0.05, 0) is 6.07 Å². The third-order valence-corrected chi connectivity index (χ3v) is 2.21. The van der Waals surface area contributed by atoms with Gasteiger partial charge in [0.05, 0.1) is 17.7 Å². The van der Waals surface area contributed by atoms with Crippen LogP contribution >= 0.6 is 11.6 Å². The van der Waals surface area contributed by atoms with E-state index in [-0.39, 0.29) is 12.4 Å². The van der Waals surface area contributed by atoms with Crippen LogP contribution in [-0.2, 0) is 0 Å². The van der Waals surface area contributed by atoms with Gasteiger partial charge < -0.3 is 9.47 Å². The molecule has 1 heterocycles. The van der Waals surface area contributed by atoms with Crippen LogP contribution in [0.1, 0.15) is 10.4 Å². The highest BCUT2D eigenvalue weighted by molar-refractivity contribution is 6.32. The Morgan fingerprint density at radius 3 is 3.00 bits per heavy atom. The molecule has 0 unspecified atom stereocenters. The molecular formula is C9H7ClO3. The Bertz CT molecular complexity index is 373. The van der Waals surface area contributed by atoms with Crippen molar-refractivity contribution in [2.45, 2.75) is 0 Å². The number of carbonyl (C=O) groups is 1. The fourth-order valence-corrected chi connectivity index (χ4v) is 1.48. The molecule has 0 spiro atoms. The van der Waals surface area contributed by atoms with Crippen LogP contribution in [0.5, 0.6) is 11.5 Å². The SMILES string of the molecule is COc1cc2c(cc1Cl)OCC2=O. The lowest BCUT2D eigenvalue weighted by molar-refractivity contribution is 0.0961. The van der Waals surface area contributed by atoms with Crippen molar-refractivity contribution in [2.75, 3.05) is 13.7 Å². The molecule has 0 saturated heterocycles. The minimum Gasteiger partial charge on any atom is -0.495 e. The number of hydrogen-bond donors (Lipinski definition) is 0. The normalized spacial score (nSPS) is 13.8.